The second-order valence-corrected chi connectivity index (χ2v) is 4.85. The number of nitrogens with one attached hydrogen (secondary N) is 1. The van der Waals surface area contributed by atoms with E-state index in [2.05, 4.69) is 15.3 Å². The maximum atomic E-state index is 10.9. The third kappa shape index (κ3) is 3.05. The van der Waals surface area contributed by atoms with Crippen molar-refractivity contribution in [2.45, 2.75) is 13.5 Å². The zero-order chi connectivity index (χ0) is 14.7. The molecule has 104 valence electrons. The number of carbonyl (C=O) groups excluding carboxylic acids is 1. The van der Waals surface area contributed by atoms with Gasteiger partial charge in [-0.1, -0.05) is 24.3 Å². The van der Waals surface area contributed by atoms with Crippen LogP contribution in [0.4, 0.5) is 0 Å². The Labute approximate surface area is 122 Å². The summed E-state index contributed by atoms with van der Waals surface area (Å²) in [5, 5.41) is 3.81. The highest BCUT2D eigenvalue weighted by atomic mass is 16.1. The van der Waals surface area contributed by atoms with Crippen LogP contribution < -0.4 is 5.32 Å². The van der Waals surface area contributed by atoms with E-state index in [1.165, 1.54) is 6.92 Å². The van der Waals surface area contributed by atoms with Crippen LogP contribution in [0.1, 0.15) is 12.5 Å². The number of hydrogen-bond acceptors (Lipinski definition) is 3. The van der Waals surface area contributed by atoms with Crippen LogP contribution in [0.5, 0.6) is 0 Å². The Bertz CT molecular complexity index is 781. The summed E-state index contributed by atoms with van der Waals surface area (Å²) >= 11 is 0. The van der Waals surface area contributed by atoms with Gasteiger partial charge in [0.25, 0.3) is 0 Å². The Balaban J connectivity index is 1.86. The molecule has 0 spiro atoms. The molecule has 4 nitrogen and oxygen atoms in total. The van der Waals surface area contributed by atoms with Gasteiger partial charge in [0.05, 0.1) is 5.69 Å². The Morgan fingerprint density at radius 3 is 2.67 bits per heavy atom. The van der Waals surface area contributed by atoms with Gasteiger partial charge in [0, 0.05) is 30.6 Å². The zero-order valence-electron chi connectivity index (χ0n) is 11.7. The summed E-state index contributed by atoms with van der Waals surface area (Å²) in [6, 6.07) is 15.9. The van der Waals surface area contributed by atoms with E-state index in [0.717, 1.165) is 27.9 Å². The first-order valence-corrected chi connectivity index (χ1v) is 6.78. The summed E-state index contributed by atoms with van der Waals surface area (Å²) < 4.78 is 0. The van der Waals surface area contributed by atoms with Crippen molar-refractivity contribution < 1.29 is 4.79 Å². The van der Waals surface area contributed by atoms with E-state index in [0.29, 0.717) is 6.54 Å². The minimum atomic E-state index is -0.0265. The molecule has 21 heavy (non-hydrogen) atoms. The number of hydrogen-bond donors (Lipinski definition) is 1. The first-order chi connectivity index (χ1) is 10.2. The SMILES string of the molecule is CC(=O)NCc1ccc(-c2ccc3cccnc3n2)cc1. The topological polar surface area (TPSA) is 54.9 Å². The molecule has 1 amide bonds. The van der Waals surface area contributed by atoms with E-state index in [-0.39, 0.29) is 5.91 Å². The van der Waals surface area contributed by atoms with Gasteiger partial charge in [-0.3, -0.25) is 4.79 Å². The Morgan fingerprint density at radius 1 is 1.10 bits per heavy atom. The number of nitrogens with zero attached hydrogens (tertiary/aromatic N) is 2. The molecular weight excluding hydrogens is 262 g/mol. The lowest BCUT2D eigenvalue weighted by Crippen LogP contribution is -2.18. The van der Waals surface area contributed by atoms with E-state index in [1.54, 1.807) is 6.20 Å². The molecule has 0 radical (unpaired) electrons. The lowest BCUT2D eigenvalue weighted by Gasteiger charge is -2.05. The van der Waals surface area contributed by atoms with Crippen molar-refractivity contribution in [1.82, 2.24) is 15.3 Å². The van der Waals surface area contributed by atoms with Crippen molar-refractivity contribution in [3.05, 3.63) is 60.3 Å². The summed E-state index contributed by atoms with van der Waals surface area (Å²) in [5.41, 5.74) is 3.74. The monoisotopic (exact) mass is 277 g/mol. The number of carbonyl (C=O) groups is 1. The van der Waals surface area contributed by atoms with Gasteiger partial charge in [0.1, 0.15) is 0 Å². The Hall–Kier alpha value is -2.75. The summed E-state index contributed by atoms with van der Waals surface area (Å²) in [4.78, 5) is 19.7. The van der Waals surface area contributed by atoms with Crippen LogP contribution in [0.3, 0.4) is 0 Å². The van der Waals surface area contributed by atoms with E-state index < -0.39 is 0 Å². The molecule has 2 aromatic heterocycles. The Morgan fingerprint density at radius 2 is 1.90 bits per heavy atom. The van der Waals surface area contributed by atoms with Crippen LogP contribution in [-0.2, 0) is 11.3 Å². The summed E-state index contributed by atoms with van der Waals surface area (Å²) in [7, 11) is 0. The fourth-order valence-electron chi connectivity index (χ4n) is 2.13. The smallest absolute Gasteiger partial charge is 0.217 e. The third-order valence-electron chi connectivity index (χ3n) is 3.26. The van der Waals surface area contributed by atoms with Crippen LogP contribution in [0.15, 0.2) is 54.7 Å². The van der Waals surface area contributed by atoms with Crippen LogP contribution in [0.25, 0.3) is 22.3 Å². The molecule has 0 atom stereocenters. The molecule has 0 saturated heterocycles. The molecule has 0 aliphatic carbocycles. The number of fused-ring (bicyclic) bond motifs is 1. The van der Waals surface area contributed by atoms with Gasteiger partial charge >= 0.3 is 0 Å². The first-order valence-electron chi connectivity index (χ1n) is 6.78. The largest absolute Gasteiger partial charge is 0.352 e. The van der Waals surface area contributed by atoms with Gasteiger partial charge in [0.15, 0.2) is 5.65 Å². The van der Waals surface area contributed by atoms with Gasteiger partial charge < -0.3 is 5.32 Å². The molecule has 2 heterocycles. The maximum absolute atomic E-state index is 10.9. The lowest BCUT2D eigenvalue weighted by molar-refractivity contribution is -0.119. The summed E-state index contributed by atoms with van der Waals surface area (Å²) in [6.07, 6.45) is 1.75. The minimum Gasteiger partial charge on any atom is -0.352 e. The summed E-state index contributed by atoms with van der Waals surface area (Å²) in [5.74, 6) is -0.0265. The quantitative estimate of drug-likeness (QED) is 0.800. The van der Waals surface area contributed by atoms with E-state index in [1.807, 2.05) is 48.5 Å². The highest BCUT2D eigenvalue weighted by molar-refractivity contribution is 5.78. The van der Waals surface area contributed by atoms with E-state index >= 15 is 0 Å². The van der Waals surface area contributed by atoms with Crippen molar-refractivity contribution in [2.75, 3.05) is 0 Å². The highest BCUT2D eigenvalue weighted by Crippen LogP contribution is 2.20. The third-order valence-corrected chi connectivity index (χ3v) is 3.26. The number of rotatable bonds is 3. The van der Waals surface area contributed by atoms with Gasteiger partial charge in [0.2, 0.25) is 5.91 Å². The van der Waals surface area contributed by atoms with E-state index in [4.69, 9.17) is 0 Å². The molecule has 0 fully saturated rings. The molecule has 0 unspecified atom stereocenters. The fraction of sp³-hybridized carbons (Fsp3) is 0.118. The molecule has 0 saturated carbocycles. The van der Waals surface area contributed by atoms with E-state index in [9.17, 15) is 4.79 Å². The normalized spacial score (nSPS) is 10.5. The van der Waals surface area contributed by atoms with Crippen molar-refractivity contribution in [3.63, 3.8) is 0 Å². The van der Waals surface area contributed by atoms with Crippen molar-refractivity contribution in [1.29, 1.82) is 0 Å². The van der Waals surface area contributed by atoms with Crippen LogP contribution in [0.2, 0.25) is 0 Å². The van der Waals surface area contributed by atoms with Crippen molar-refractivity contribution in [3.8, 4) is 11.3 Å². The molecule has 0 bridgehead atoms. The number of benzene rings is 1. The average Bonchev–Trinajstić information content (AvgIpc) is 2.53. The molecule has 3 aromatic rings. The van der Waals surface area contributed by atoms with Gasteiger partial charge in [-0.2, -0.15) is 0 Å². The average molecular weight is 277 g/mol. The van der Waals surface area contributed by atoms with Crippen LogP contribution in [-0.4, -0.2) is 15.9 Å². The van der Waals surface area contributed by atoms with Crippen LogP contribution in [0, 0.1) is 0 Å². The zero-order valence-corrected chi connectivity index (χ0v) is 11.7. The number of amides is 1. The van der Waals surface area contributed by atoms with Gasteiger partial charge in [-0.25, -0.2) is 9.97 Å². The number of aromatic nitrogens is 2. The molecule has 3 rings (SSSR count). The van der Waals surface area contributed by atoms with Gasteiger partial charge in [-0.05, 0) is 29.8 Å². The lowest BCUT2D eigenvalue weighted by atomic mass is 10.1. The molecule has 0 aliphatic heterocycles. The minimum absolute atomic E-state index is 0.0265. The molecular formula is C17H15N3O. The van der Waals surface area contributed by atoms with Crippen LogP contribution >= 0.6 is 0 Å². The van der Waals surface area contributed by atoms with Crippen molar-refractivity contribution in [2.24, 2.45) is 0 Å². The first kappa shape index (κ1) is 13.2. The predicted octanol–water partition coefficient (Wildman–Crippen LogP) is 2.93. The molecule has 4 heteroatoms. The predicted molar refractivity (Wildman–Crippen MR) is 82.5 cm³/mol. The standard InChI is InChI=1S/C17H15N3O/c1-12(21)19-11-13-4-6-14(7-5-13)16-9-8-15-3-2-10-18-17(15)20-16/h2-10H,11H2,1H3,(H,19,21). The van der Waals surface area contributed by atoms with Crippen molar-refractivity contribution >= 4 is 16.9 Å². The molecule has 1 N–H and O–H groups in total. The Kier molecular flexibility index (Phi) is 3.60. The second kappa shape index (κ2) is 5.71. The highest BCUT2D eigenvalue weighted by Gasteiger charge is 2.02. The maximum Gasteiger partial charge on any atom is 0.217 e. The number of pyridine rings is 2. The fourth-order valence-corrected chi connectivity index (χ4v) is 2.13. The van der Waals surface area contributed by atoms with Gasteiger partial charge in [-0.15, -0.1) is 0 Å². The molecule has 1 aromatic carbocycles. The molecule has 0 aliphatic rings. The second-order valence-electron chi connectivity index (χ2n) is 4.85. The summed E-state index contributed by atoms with van der Waals surface area (Å²) in [6.45, 7) is 2.06.